The molecule has 126 valence electrons. The van der Waals surface area contributed by atoms with Crippen molar-refractivity contribution in [1.82, 2.24) is 0 Å². The maximum atomic E-state index is 12.4. The van der Waals surface area contributed by atoms with Crippen molar-refractivity contribution < 1.29 is 14.3 Å². The molecule has 2 heterocycles. The van der Waals surface area contributed by atoms with Gasteiger partial charge in [0.15, 0.2) is 0 Å². The molecule has 1 aromatic heterocycles. The Morgan fingerprint density at radius 2 is 2.17 bits per heavy atom. The molecule has 1 aromatic carbocycles. The van der Waals surface area contributed by atoms with Crippen molar-refractivity contribution in [1.29, 1.82) is 0 Å². The van der Waals surface area contributed by atoms with Crippen molar-refractivity contribution in [3.05, 3.63) is 46.2 Å². The molecule has 0 radical (unpaired) electrons. The Kier molecular flexibility index (Phi) is 4.82. The zero-order valence-corrected chi connectivity index (χ0v) is 14.1. The second kappa shape index (κ2) is 7.02. The molecular weight excluding hydrogens is 326 g/mol. The van der Waals surface area contributed by atoms with Crippen molar-refractivity contribution in [2.75, 3.05) is 30.4 Å². The van der Waals surface area contributed by atoms with Gasteiger partial charge in [-0.3, -0.25) is 4.79 Å². The molecule has 0 fully saturated rings. The van der Waals surface area contributed by atoms with Crippen molar-refractivity contribution in [2.24, 2.45) is 5.73 Å². The van der Waals surface area contributed by atoms with Gasteiger partial charge < -0.3 is 20.7 Å². The molecule has 1 aliphatic heterocycles. The molecule has 1 unspecified atom stereocenters. The lowest BCUT2D eigenvalue weighted by Gasteiger charge is -2.34. The number of thiophene rings is 1. The minimum Gasteiger partial charge on any atom is -0.465 e. The first-order chi connectivity index (χ1) is 11.6. The summed E-state index contributed by atoms with van der Waals surface area (Å²) in [6.07, 6.45) is 0.811. The van der Waals surface area contributed by atoms with Crippen LogP contribution in [-0.4, -0.2) is 38.1 Å². The van der Waals surface area contributed by atoms with E-state index in [9.17, 15) is 9.59 Å². The number of nitrogens with two attached hydrogens (primary N) is 1. The third kappa shape index (κ3) is 3.42. The Morgan fingerprint density at radius 1 is 1.38 bits per heavy atom. The fourth-order valence-electron chi connectivity index (χ4n) is 2.89. The van der Waals surface area contributed by atoms with Gasteiger partial charge in [-0.05, 0) is 29.5 Å². The van der Waals surface area contributed by atoms with E-state index >= 15 is 0 Å². The first-order valence-electron chi connectivity index (χ1n) is 7.62. The highest BCUT2D eigenvalue weighted by molar-refractivity contribution is 7.12. The van der Waals surface area contributed by atoms with Gasteiger partial charge in [0.2, 0.25) is 5.91 Å². The molecule has 6 nitrogen and oxygen atoms in total. The Morgan fingerprint density at radius 3 is 2.96 bits per heavy atom. The summed E-state index contributed by atoms with van der Waals surface area (Å²) in [5.74, 6) is -0.645. The van der Waals surface area contributed by atoms with Crippen LogP contribution in [0.15, 0.2) is 35.7 Å². The normalized spacial score (nSPS) is 16.4. The molecule has 3 N–H and O–H groups in total. The molecule has 7 heteroatoms. The summed E-state index contributed by atoms with van der Waals surface area (Å²) in [6.45, 7) is 0.805. The average Bonchev–Trinajstić information content (AvgIpc) is 3.02. The molecule has 0 saturated carbocycles. The second-order valence-electron chi connectivity index (χ2n) is 5.68. The highest BCUT2D eigenvalue weighted by Crippen LogP contribution is 2.27. The highest BCUT2D eigenvalue weighted by Gasteiger charge is 2.24. The Labute approximate surface area is 144 Å². The number of fused-ring (bicyclic) bond motifs is 1. The largest absolute Gasteiger partial charge is 0.465 e. The Bertz CT molecular complexity index is 759. The predicted molar refractivity (Wildman–Crippen MR) is 94.6 cm³/mol. The standard InChI is InChI=1S/C17H19N3O3S/c1-23-17(22)16-13(6-7-24-16)19-15(21)10-20-9-12(18)8-11-4-2-3-5-14(11)20/h2-7,12H,8-10,18H2,1H3,(H,19,21). The van der Waals surface area contributed by atoms with Gasteiger partial charge in [-0.2, -0.15) is 0 Å². The van der Waals surface area contributed by atoms with Crippen LogP contribution >= 0.6 is 11.3 Å². The number of rotatable bonds is 4. The van der Waals surface area contributed by atoms with Gasteiger partial charge in [0.05, 0.1) is 19.3 Å². The zero-order valence-electron chi connectivity index (χ0n) is 13.3. The van der Waals surface area contributed by atoms with E-state index in [1.165, 1.54) is 18.4 Å². The second-order valence-corrected chi connectivity index (χ2v) is 6.59. The molecular formula is C17H19N3O3S. The van der Waals surface area contributed by atoms with Crippen molar-refractivity contribution in [3.8, 4) is 0 Å². The minimum absolute atomic E-state index is 0.000484. The van der Waals surface area contributed by atoms with Gasteiger partial charge in [-0.25, -0.2) is 4.79 Å². The summed E-state index contributed by atoms with van der Waals surface area (Å²) in [5, 5.41) is 4.53. The molecule has 3 rings (SSSR count). The SMILES string of the molecule is COC(=O)c1sccc1NC(=O)CN1CC(N)Cc2ccccc21. The van der Waals surface area contributed by atoms with E-state index in [0.29, 0.717) is 17.1 Å². The number of hydrogen-bond acceptors (Lipinski definition) is 6. The molecule has 24 heavy (non-hydrogen) atoms. The van der Waals surface area contributed by atoms with Crippen LogP contribution in [0.2, 0.25) is 0 Å². The molecule has 0 aliphatic carbocycles. The lowest BCUT2D eigenvalue weighted by atomic mass is 9.98. The number of nitrogens with one attached hydrogen (secondary N) is 1. The zero-order chi connectivity index (χ0) is 17.1. The summed E-state index contributed by atoms with van der Waals surface area (Å²) in [5.41, 5.74) is 8.76. The van der Waals surface area contributed by atoms with Crippen molar-refractivity contribution >= 4 is 34.6 Å². The number of ether oxygens (including phenoxy) is 1. The van der Waals surface area contributed by atoms with Gasteiger partial charge in [-0.15, -0.1) is 11.3 Å². The minimum atomic E-state index is -0.453. The first kappa shape index (κ1) is 16.5. The number of esters is 1. The quantitative estimate of drug-likeness (QED) is 0.826. The third-order valence-corrected chi connectivity index (χ3v) is 4.81. The van der Waals surface area contributed by atoms with E-state index in [4.69, 9.17) is 10.5 Å². The van der Waals surface area contributed by atoms with Crippen LogP contribution in [0.25, 0.3) is 0 Å². The summed E-state index contributed by atoms with van der Waals surface area (Å²) in [4.78, 5) is 26.5. The number of anilines is 2. The number of methoxy groups -OCH3 is 1. The Hall–Kier alpha value is -2.38. The third-order valence-electron chi connectivity index (χ3n) is 3.91. The van der Waals surface area contributed by atoms with Crippen LogP contribution in [0.4, 0.5) is 11.4 Å². The van der Waals surface area contributed by atoms with E-state index < -0.39 is 5.97 Å². The van der Waals surface area contributed by atoms with Crippen LogP contribution in [0.1, 0.15) is 15.2 Å². The molecule has 1 aliphatic rings. The predicted octanol–water partition coefficient (Wildman–Crippen LogP) is 1.86. The topological polar surface area (TPSA) is 84.7 Å². The van der Waals surface area contributed by atoms with Gasteiger partial charge >= 0.3 is 5.97 Å². The maximum Gasteiger partial charge on any atom is 0.350 e. The molecule has 0 bridgehead atoms. The van der Waals surface area contributed by atoms with E-state index in [0.717, 1.165) is 17.7 Å². The summed E-state index contributed by atoms with van der Waals surface area (Å²) < 4.78 is 4.72. The van der Waals surface area contributed by atoms with Crippen molar-refractivity contribution in [3.63, 3.8) is 0 Å². The molecule has 1 amide bonds. The maximum absolute atomic E-state index is 12.4. The average molecular weight is 345 g/mol. The highest BCUT2D eigenvalue weighted by atomic mass is 32.1. The van der Waals surface area contributed by atoms with Gasteiger partial charge in [0.1, 0.15) is 4.88 Å². The van der Waals surface area contributed by atoms with E-state index in [-0.39, 0.29) is 18.5 Å². The monoisotopic (exact) mass is 345 g/mol. The summed E-state index contributed by atoms with van der Waals surface area (Å²) in [7, 11) is 1.32. The van der Waals surface area contributed by atoms with Crippen LogP contribution in [-0.2, 0) is 16.0 Å². The lowest BCUT2D eigenvalue weighted by Crippen LogP contribution is -2.46. The van der Waals surface area contributed by atoms with Gasteiger partial charge in [-0.1, -0.05) is 18.2 Å². The summed E-state index contributed by atoms with van der Waals surface area (Å²) in [6, 6.07) is 9.66. The van der Waals surface area contributed by atoms with E-state index in [1.54, 1.807) is 11.4 Å². The first-order valence-corrected chi connectivity index (χ1v) is 8.50. The van der Waals surface area contributed by atoms with E-state index in [1.807, 2.05) is 29.2 Å². The van der Waals surface area contributed by atoms with Gasteiger partial charge in [0.25, 0.3) is 0 Å². The Balaban J connectivity index is 1.72. The van der Waals surface area contributed by atoms with Crippen molar-refractivity contribution in [2.45, 2.75) is 12.5 Å². The molecule has 0 spiro atoms. The number of carbonyl (C=O) groups excluding carboxylic acids is 2. The van der Waals surface area contributed by atoms with Crippen LogP contribution in [0.3, 0.4) is 0 Å². The van der Waals surface area contributed by atoms with Crippen LogP contribution < -0.4 is 16.0 Å². The number of hydrogen-bond donors (Lipinski definition) is 2. The van der Waals surface area contributed by atoms with Crippen LogP contribution in [0.5, 0.6) is 0 Å². The van der Waals surface area contributed by atoms with E-state index in [2.05, 4.69) is 5.32 Å². The number of nitrogens with zero attached hydrogens (tertiary/aromatic N) is 1. The lowest BCUT2D eigenvalue weighted by molar-refractivity contribution is -0.115. The molecule has 2 aromatic rings. The molecule has 0 saturated heterocycles. The molecule has 1 atom stereocenters. The fourth-order valence-corrected chi connectivity index (χ4v) is 3.66. The van der Waals surface area contributed by atoms with Gasteiger partial charge in [0, 0.05) is 18.3 Å². The summed E-state index contributed by atoms with van der Waals surface area (Å²) >= 11 is 1.24. The fraction of sp³-hybridized carbons (Fsp3) is 0.294. The number of amides is 1. The smallest absolute Gasteiger partial charge is 0.350 e. The number of carbonyl (C=O) groups is 2. The number of para-hydroxylation sites is 1. The number of benzene rings is 1. The van der Waals surface area contributed by atoms with Crippen LogP contribution in [0, 0.1) is 0 Å².